The minimum atomic E-state index is -4.94. The molecule has 0 atom stereocenters. The first-order valence-electron chi connectivity index (χ1n) is 5.57. The van der Waals surface area contributed by atoms with Crippen LogP contribution in [-0.4, -0.2) is 18.0 Å². The maximum Gasteiger partial charge on any atom is 0.471 e. The number of anilines is 1. The third-order valence-electron chi connectivity index (χ3n) is 2.32. The molecule has 0 aliphatic rings. The second-order valence-corrected chi connectivity index (χ2v) is 3.74. The monoisotopic (exact) mass is 274 g/mol. The van der Waals surface area contributed by atoms with Crippen LogP contribution in [0, 0.1) is 0 Å². The number of alkyl halides is 3. The predicted octanol–water partition coefficient (Wildman–Crippen LogP) is 2.21. The molecule has 1 rings (SSSR count). The molecule has 7 heteroatoms. The van der Waals surface area contributed by atoms with Crippen LogP contribution in [0.4, 0.5) is 18.9 Å². The Kier molecular flexibility index (Phi) is 4.91. The second kappa shape index (κ2) is 6.21. The summed E-state index contributed by atoms with van der Waals surface area (Å²) in [6.07, 6.45) is -4.67. The Bertz CT molecular complexity index is 472. The van der Waals surface area contributed by atoms with E-state index >= 15 is 0 Å². The van der Waals surface area contributed by atoms with Crippen molar-refractivity contribution in [1.82, 2.24) is 5.32 Å². The molecule has 0 heterocycles. The summed E-state index contributed by atoms with van der Waals surface area (Å²) in [6, 6.07) is 5.98. The van der Waals surface area contributed by atoms with E-state index in [1.54, 1.807) is 18.3 Å². The zero-order chi connectivity index (χ0) is 14.5. The highest BCUT2D eigenvalue weighted by Crippen LogP contribution is 2.20. The fourth-order valence-corrected chi connectivity index (χ4v) is 1.31. The number of hydrogen-bond donors (Lipinski definition) is 2. The lowest BCUT2D eigenvalue weighted by Gasteiger charge is -2.12. The van der Waals surface area contributed by atoms with Gasteiger partial charge in [0.1, 0.15) is 0 Å². The zero-order valence-corrected chi connectivity index (χ0v) is 10.2. The molecule has 2 amide bonds. The first-order valence-corrected chi connectivity index (χ1v) is 5.57. The molecule has 0 aliphatic heterocycles. The van der Waals surface area contributed by atoms with Crippen molar-refractivity contribution in [2.24, 2.45) is 0 Å². The van der Waals surface area contributed by atoms with E-state index in [-0.39, 0.29) is 24.6 Å². The van der Waals surface area contributed by atoms with E-state index in [1.807, 2.05) is 0 Å². The highest BCUT2D eigenvalue weighted by molar-refractivity contribution is 5.95. The van der Waals surface area contributed by atoms with Crippen molar-refractivity contribution in [3.63, 3.8) is 0 Å². The van der Waals surface area contributed by atoms with Crippen molar-refractivity contribution in [3.8, 4) is 0 Å². The molecule has 0 saturated heterocycles. The Hall–Kier alpha value is -2.05. The van der Waals surface area contributed by atoms with Crippen LogP contribution < -0.4 is 10.6 Å². The topological polar surface area (TPSA) is 58.2 Å². The van der Waals surface area contributed by atoms with Gasteiger partial charge in [0.25, 0.3) is 0 Å². The summed E-state index contributed by atoms with van der Waals surface area (Å²) in [7, 11) is 0. The van der Waals surface area contributed by atoms with Gasteiger partial charge in [-0.25, -0.2) is 0 Å². The van der Waals surface area contributed by atoms with Crippen molar-refractivity contribution in [2.75, 3.05) is 5.32 Å². The van der Waals surface area contributed by atoms with E-state index in [9.17, 15) is 22.8 Å². The summed E-state index contributed by atoms with van der Waals surface area (Å²) in [5.74, 6) is -2.27. The number of para-hydroxylation sites is 1. The lowest BCUT2D eigenvalue weighted by Crippen LogP contribution is -2.31. The number of halogens is 3. The van der Waals surface area contributed by atoms with Crippen LogP contribution in [0.25, 0.3) is 0 Å². The maximum atomic E-state index is 12.2. The van der Waals surface area contributed by atoms with Crippen LogP contribution in [0.3, 0.4) is 0 Å². The molecule has 0 aromatic heterocycles. The molecule has 0 unspecified atom stereocenters. The molecule has 0 saturated carbocycles. The molecule has 0 spiro atoms. The van der Waals surface area contributed by atoms with Crippen LogP contribution in [-0.2, 0) is 16.1 Å². The number of hydrogen-bond acceptors (Lipinski definition) is 2. The van der Waals surface area contributed by atoms with Gasteiger partial charge in [-0.05, 0) is 11.6 Å². The molecule has 4 nitrogen and oxygen atoms in total. The van der Waals surface area contributed by atoms with E-state index in [0.717, 1.165) is 0 Å². The summed E-state index contributed by atoms with van der Waals surface area (Å²) in [5.41, 5.74) is 0.433. The van der Waals surface area contributed by atoms with E-state index in [4.69, 9.17) is 0 Å². The van der Waals surface area contributed by atoms with E-state index in [1.165, 1.54) is 18.2 Å². The quantitative estimate of drug-likeness (QED) is 0.884. The van der Waals surface area contributed by atoms with E-state index in [2.05, 4.69) is 5.32 Å². The van der Waals surface area contributed by atoms with Gasteiger partial charge in [-0.3, -0.25) is 9.59 Å². The van der Waals surface area contributed by atoms with E-state index in [0.29, 0.717) is 5.56 Å². The highest BCUT2D eigenvalue weighted by atomic mass is 19.4. The molecular formula is C12H13F3N2O2. The lowest BCUT2D eigenvalue weighted by molar-refractivity contribution is -0.167. The van der Waals surface area contributed by atoms with Gasteiger partial charge in [0.2, 0.25) is 5.91 Å². The van der Waals surface area contributed by atoms with Gasteiger partial charge in [-0.2, -0.15) is 13.2 Å². The zero-order valence-electron chi connectivity index (χ0n) is 10.2. The molecule has 104 valence electrons. The largest absolute Gasteiger partial charge is 0.471 e. The van der Waals surface area contributed by atoms with Crippen LogP contribution >= 0.6 is 0 Å². The predicted molar refractivity (Wildman–Crippen MR) is 63.3 cm³/mol. The standard InChI is InChI=1S/C12H13F3N2O2/c1-2-10(18)16-7-8-5-3-4-6-9(8)17-11(19)12(13,14)15/h3-6H,2,7H2,1H3,(H,16,18)(H,17,19). The van der Waals surface area contributed by atoms with Crippen LogP contribution in [0.1, 0.15) is 18.9 Å². The first-order chi connectivity index (χ1) is 8.84. The number of carbonyl (C=O) groups excluding carboxylic acids is 2. The number of rotatable bonds is 4. The number of benzene rings is 1. The Balaban J connectivity index is 2.79. The normalized spacial score (nSPS) is 10.9. The fraction of sp³-hybridized carbons (Fsp3) is 0.333. The summed E-state index contributed by atoms with van der Waals surface area (Å²) < 4.78 is 36.5. The van der Waals surface area contributed by atoms with Gasteiger partial charge in [0.05, 0.1) is 0 Å². The molecule has 0 bridgehead atoms. The van der Waals surface area contributed by atoms with Crippen molar-refractivity contribution in [2.45, 2.75) is 26.1 Å². The van der Waals surface area contributed by atoms with Gasteiger partial charge in [0, 0.05) is 18.7 Å². The van der Waals surface area contributed by atoms with Crippen molar-refractivity contribution in [3.05, 3.63) is 29.8 Å². The van der Waals surface area contributed by atoms with Gasteiger partial charge in [-0.1, -0.05) is 25.1 Å². The third kappa shape index (κ3) is 4.61. The minimum absolute atomic E-state index is 0.0289. The Labute approximate surface area is 108 Å². The smallest absolute Gasteiger partial charge is 0.352 e. The molecule has 1 aromatic rings. The average molecular weight is 274 g/mol. The van der Waals surface area contributed by atoms with Crippen LogP contribution in [0.5, 0.6) is 0 Å². The first kappa shape index (κ1) is 15.0. The lowest BCUT2D eigenvalue weighted by atomic mass is 10.1. The van der Waals surface area contributed by atoms with Gasteiger partial charge < -0.3 is 10.6 Å². The highest BCUT2D eigenvalue weighted by Gasteiger charge is 2.38. The molecule has 0 radical (unpaired) electrons. The molecular weight excluding hydrogens is 261 g/mol. The number of nitrogens with one attached hydrogen (secondary N) is 2. The SMILES string of the molecule is CCC(=O)NCc1ccccc1NC(=O)C(F)(F)F. The van der Waals surface area contributed by atoms with Crippen LogP contribution in [0.15, 0.2) is 24.3 Å². The molecule has 0 aliphatic carbocycles. The Morgan fingerprint density at radius 3 is 2.42 bits per heavy atom. The molecule has 2 N–H and O–H groups in total. The summed E-state index contributed by atoms with van der Waals surface area (Å²) >= 11 is 0. The van der Waals surface area contributed by atoms with Crippen LogP contribution in [0.2, 0.25) is 0 Å². The maximum absolute atomic E-state index is 12.2. The van der Waals surface area contributed by atoms with Gasteiger partial charge in [0.15, 0.2) is 0 Å². The summed E-state index contributed by atoms with van der Waals surface area (Å²) in [4.78, 5) is 22.0. The van der Waals surface area contributed by atoms with Crippen molar-refractivity contribution >= 4 is 17.5 Å². The minimum Gasteiger partial charge on any atom is -0.352 e. The second-order valence-electron chi connectivity index (χ2n) is 3.74. The number of amides is 2. The van der Waals surface area contributed by atoms with Gasteiger partial charge in [-0.15, -0.1) is 0 Å². The summed E-state index contributed by atoms with van der Waals surface area (Å²) in [6.45, 7) is 1.72. The Morgan fingerprint density at radius 1 is 1.21 bits per heavy atom. The third-order valence-corrected chi connectivity index (χ3v) is 2.32. The number of carbonyl (C=O) groups is 2. The molecule has 19 heavy (non-hydrogen) atoms. The van der Waals surface area contributed by atoms with Gasteiger partial charge >= 0.3 is 12.1 Å². The van der Waals surface area contributed by atoms with E-state index < -0.39 is 12.1 Å². The summed E-state index contributed by atoms with van der Waals surface area (Å²) in [5, 5.41) is 4.31. The van der Waals surface area contributed by atoms with Crippen molar-refractivity contribution in [1.29, 1.82) is 0 Å². The molecule has 0 fully saturated rings. The molecule has 1 aromatic carbocycles. The van der Waals surface area contributed by atoms with Crippen molar-refractivity contribution < 1.29 is 22.8 Å². The Morgan fingerprint density at radius 2 is 1.84 bits per heavy atom. The average Bonchev–Trinajstić information content (AvgIpc) is 2.36. The fourth-order valence-electron chi connectivity index (χ4n) is 1.31.